The molecule has 0 bridgehead atoms. The van der Waals surface area contributed by atoms with Gasteiger partial charge in [-0.2, -0.15) is 0 Å². The van der Waals surface area contributed by atoms with E-state index in [1.807, 2.05) is 6.08 Å². The van der Waals surface area contributed by atoms with Crippen LogP contribution in [-0.2, 0) is 0 Å². The molecule has 2 nitrogen and oxygen atoms in total. The summed E-state index contributed by atoms with van der Waals surface area (Å²) in [6.45, 7) is 6.92. The first-order valence-corrected chi connectivity index (χ1v) is 3.76. The Labute approximate surface area is 62.9 Å². The lowest BCUT2D eigenvalue weighted by Gasteiger charge is -2.09. The van der Waals surface area contributed by atoms with Gasteiger partial charge in [-0.15, -0.1) is 6.58 Å². The van der Waals surface area contributed by atoms with Crippen molar-refractivity contribution >= 4 is 0 Å². The third-order valence-corrected chi connectivity index (χ3v) is 1.35. The van der Waals surface area contributed by atoms with Crippen LogP contribution in [0.3, 0.4) is 0 Å². The quantitative estimate of drug-likeness (QED) is 0.428. The monoisotopic (exact) mass is 143 g/mol. The van der Waals surface area contributed by atoms with E-state index in [-0.39, 0.29) is 6.61 Å². The second-order valence-corrected chi connectivity index (χ2v) is 2.46. The van der Waals surface area contributed by atoms with Crippen molar-refractivity contribution in [1.82, 2.24) is 5.32 Å². The summed E-state index contributed by atoms with van der Waals surface area (Å²) in [5.41, 5.74) is 0. The number of hydrogen-bond acceptors (Lipinski definition) is 2. The number of rotatable bonds is 6. The second-order valence-electron chi connectivity index (χ2n) is 2.46. The summed E-state index contributed by atoms with van der Waals surface area (Å²) in [5, 5.41) is 11.7. The molecule has 0 aliphatic heterocycles. The summed E-state index contributed by atoms with van der Waals surface area (Å²) in [4.78, 5) is 0. The van der Waals surface area contributed by atoms with E-state index < -0.39 is 0 Å². The highest BCUT2D eigenvalue weighted by Gasteiger charge is 1.95. The summed E-state index contributed by atoms with van der Waals surface area (Å²) in [6.07, 6.45) is 3.73. The van der Waals surface area contributed by atoms with Gasteiger partial charge in [0.25, 0.3) is 0 Å². The van der Waals surface area contributed by atoms with E-state index in [0.29, 0.717) is 6.04 Å². The zero-order valence-corrected chi connectivity index (χ0v) is 6.64. The molecule has 2 heteroatoms. The van der Waals surface area contributed by atoms with Crippen molar-refractivity contribution in [2.24, 2.45) is 0 Å². The maximum Gasteiger partial charge on any atom is 0.0443 e. The third-order valence-electron chi connectivity index (χ3n) is 1.35. The van der Waals surface area contributed by atoms with Crippen LogP contribution >= 0.6 is 0 Å². The van der Waals surface area contributed by atoms with Gasteiger partial charge in [-0.05, 0) is 26.3 Å². The van der Waals surface area contributed by atoms with Crippen LogP contribution in [0.4, 0.5) is 0 Å². The highest BCUT2D eigenvalue weighted by molar-refractivity contribution is 4.74. The van der Waals surface area contributed by atoms with Crippen molar-refractivity contribution in [3.8, 4) is 0 Å². The number of aliphatic hydroxyl groups is 1. The Kier molecular flexibility index (Phi) is 6.55. The van der Waals surface area contributed by atoms with Gasteiger partial charge >= 0.3 is 0 Å². The van der Waals surface area contributed by atoms with Crippen LogP contribution in [-0.4, -0.2) is 24.3 Å². The number of hydrogen-bond donors (Lipinski definition) is 2. The largest absolute Gasteiger partial charge is 0.396 e. The van der Waals surface area contributed by atoms with Gasteiger partial charge in [0, 0.05) is 12.6 Å². The lowest BCUT2D eigenvalue weighted by Crippen LogP contribution is -2.26. The van der Waals surface area contributed by atoms with Gasteiger partial charge in [-0.1, -0.05) is 6.08 Å². The lowest BCUT2D eigenvalue weighted by molar-refractivity contribution is 0.284. The van der Waals surface area contributed by atoms with Gasteiger partial charge in [0.2, 0.25) is 0 Å². The molecule has 0 aromatic heterocycles. The average molecular weight is 143 g/mol. The fraction of sp³-hybridized carbons (Fsp3) is 0.750. The molecule has 0 amide bonds. The third kappa shape index (κ3) is 5.79. The van der Waals surface area contributed by atoms with Crippen LogP contribution < -0.4 is 5.32 Å². The van der Waals surface area contributed by atoms with Crippen LogP contribution in [0.2, 0.25) is 0 Å². The molecule has 2 N–H and O–H groups in total. The van der Waals surface area contributed by atoms with Gasteiger partial charge in [0.1, 0.15) is 0 Å². The molecule has 0 fully saturated rings. The second kappa shape index (κ2) is 6.78. The summed E-state index contributed by atoms with van der Waals surface area (Å²) in [7, 11) is 0. The molecule has 0 spiro atoms. The molecule has 0 heterocycles. The van der Waals surface area contributed by atoms with E-state index in [1.165, 1.54) is 0 Å². The van der Waals surface area contributed by atoms with Crippen molar-refractivity contribution in [1.29, 1.82) is 0 Å². The lowest BCUT2D eigenvalue weighted by atomic mass is 10.2. The Bertz CT molecular complexity index is 83.3. The molecular weight excluding hydrogens is 126 g/mol. The Hall–Kier alpha value is -0.340. The first-order chi connectivity index (χ1) is 4.81. The van der Waals surface area contributed by atoms with Crippen LogP contribution in [0.15, 0.2) is 12.7 Å². The van der Waals surface area contributed by atoms with Crippen molar-refractivity contribution < 1.29 is 5.11 Å². The maximum absolute atomic E-state index is 8.45. The van der Waals surface area contributed by atoms with Crippen LogP contribution in [0.1, 0.15) is 19.8 Å². The molecule has 0 aliphatic rings. The number of aliphatic hydroxyl groups excluding tert-OH is 1. The SMILES string of the molecule is C=CCC(C)NCCCO. The first kappa shape index (κ1) is 9.66. The van der Waals surface area contributed by atoms with E-state index in [0.717, 1.165) is 19.4 Å². The first-order valence-electron chi connectivity index (χ1n) is 3.76. The molecule has 1 unspecified atom stereocenters. The maximum atomic E-state index is 8.45. The normalized spacial score (nSPS) is 13.0. The molecule has 0 aromatic rings. The van der Waals surface area contributed by atoms with Crippen molar-refractivity contribution in [3.63, 3.8) is 0 Å². The van der Waals surface area contributed by atoms with E-state index in [2.05, 4.69) is 18.8 Å². The van der Waals surface area contributed by atoms with Crippen molar-refractivity contribution in [3.05, 3.63) is 12.7 Å². The fourth-order valence-corrected chi connectivity index (χ4v) is 0.761. The molecule has 0 rings (SSSR count). The minimum atomic E-state index is 0.272. The van der Waals surface area contributed by atoms with Gasteiger partial charge in [-0.25, -0.2) is 0 Å². The minimum Gasteiger partial charge on any atom is -0.396 e. The predicted molar refractivity (Wildman–Crippen MR) is 44.0 cm³/mol. The van der Waals surface area contributed by atoms with Crippen molar-refractivity contribution in [2.45, 2.75) is 25.8 Å². The molecule has 0 radical (unpaired) electrons. The summed E-state index contributed by atoms with van der Waals surface area (Å²) in [6, 6.07) is 0.490. The summed E-state index contributed by atoms with van der Waals surface area (Å²) in [5.74, 6) is 0. The fourth-order valence-electron chi connectivity index (χ4n) is 0.761. The van der Waals surface area contributed by atoms with Gasteiger partial charge < -0.3 is 10.4 Å². The smallest absolute Gasteiger partial charge is 0.0443 e. The van der Waals surface area contributed by atoms with Crippen LogP contribution in [0, 0.1) is 0 Å². The summed E-state index contributed by atoms with van der Waals surface area (Å²) >= 11 is 0. The Morgan fingerprint density at radius 1 is 1.70 bits per heavy atom. The topological polar surface area (TPSA) is 32.3 Å². The molecule has 0 saturated carbocycles. The Morgan fingerprint density at radius 3 is 2.90 bits per heavy atom. The minimum absolute atomic E-state index is 0.272. The van der Waals surface area contributed by atoms with Crippen LogP contribution in [0.25, 0.3) is 0 Å². The number of nitrogens with one attached hydrogen (secondary N) is 1. The molecule has 10 heavy (non-hydrogen) atoms. The average Bonchev–Trinajstić information content (AvgIpc) is 1.89. The van der Waals surface area contributed by atoms with Gasteiger partial charge in [0.15, 0.2) is 0 Å². The van der Waals surface area contributed by atoms with E-state index >= 15 is 0 Å². The standard InChI is InChI=1S/C8H17NO/c1-3-5-8(2)9-6-4-7-10/h3,8-10H,1,4-7H2,2H3. The zero-order chi connectivity index (χ0) is 7.82. The zero-order valence-electron chi connectivity index (χ0n) is 6.64. The van der Waals surface area contributed by atoms with E-state index in [9.17, 15) is 0 Å². The predicted octanol–water partition coefficient (Wildman–Crippen LogP) is 0.923. The highest BCUT2D eigenvalue weighted by atomic mass is 16.3. The van der Waals surface area contributed by atoms with E-state index in [4.69, 9.17) is 5.11 Å². The Morgan fingerprint density at radius 2 is 2.40 bits per heavy atom. The summed E-state index contributed by atoms with van der Waals surface area (Å²) < 4.78 is 0. The van der Waals surface area contributed by atoms with Gasteiger partial charge in [-0.3, -0.25) is 0 Å². The molecule has 0 saturated heterocycles. The molecule has 1 atom stereocenters. The van der Waals surface area contributed by atoms with Gasteiger partial charge in [0.05, 0.1) is 0 Å². The Balaban J connectivity index is 3.04. The molecule has 60 valence electrons. The molecular formula is C8H17NO. The van der Waals surface area contributed by atoms with Crippen molar-refractivity contribution in [2.75, 3.05) is 13.2 Å². The highest BCUT2D eigenvalue weighted by Crippen LogP contribution is 1.89. The molecule has 0 aromatic carbocycles. The van der Waals surface area contributed by atoms with E-state index in [1.54, 1.807) is 0 Å². The van der Waals surface area contributed by atoms with Crippen LogP contribution in [0.5, 0.6) is 0 Å². The molecule has 0 aliphatic carbocycles.